The lowest BCUT2D eigenvalue weighted by molar-refractivity contribution is -0.138. The number of aromatic amines is 1. The van der Waals surface area contributed by atoms with Gasteiger partial charge in [-0.05, 0) is 43.5 Å². The fourth-order valence-electron chi connectivity index (χ4n) is 3.95. The van der Waals surface area contributed by atoms with Crippen LogP contribution in [0.4, 0.5) is 4.39 Å². The maximum absolute atomic E-state index is 13.6. The van der Waals surface area contributed by atoms with Gasteiger partial charge in [0, 0.05) is 35.6 Å². The number of ether oxygens (including phenoxy) is 2. The van der Waals surface area contributed by atoms with Crippen molar-refractivity contribution in [1.82, 2.24) is 9.88 Å². The summed E-state index contributed by atoms with van der Waals surface area (Å²) in [4.78, 5) is 18.0. The van der Waals surface area contributed by atoms with Crippen LogP contribution < -0.4 is 0 Å². The predicted octanol–water partition coefficient (Wildman–Crippen LogP) is 2.77. The van der Waals surface area contributed by atoms with Crippen LogP contribution in [-0.4, -0.2) is 48.4 Å². The lowest BCUT2D eigenvalue weighted by atomic mass is 9.96. The second kappa shape index (κ2) is 6.77. The van der Waals surface area contributed by atoms with Gasteiger partial charge in [0.15, 0.2) is 6.29 Å². The molecule has 0 saturated carbocycles. The van der Waals surface area contributed by atoms with Gasteiger partial charge in [-0.3, -0.25) is 4.79 Å². The fourth-order valence-corrected chi connectivity index (χ4v) is 3.95. The molecule has 0 spiro atoms. The van der Waals surface area contributed by atoms with E-state index in [1.165, 1.54) is 12.1 Å². The van der Waals surface area contributed by atoms with Gasteiger partial charge in [0.2, 0.25) is 5.91 Å². The van der Waals surface area contributed by atoms with Crippen LogP contribution in [0.25, 0.3) is 10.9 Å². The van der Waals surface area contributed by atoms with Crippen LogP contribution in [0.15, 0.2) is 18.2 Å². The number of carbonyl (C=O) groups is 1. The van der Waals surface area contributed by atoms with Crippen molar-refractivity contribution in [2.24, 2.45) is 5.92 Å². The first kappa shape index (κ1) is 16.5. The van der Waals surface area contributed by atoms with Crippen LogP contribution in [0, 0.1) is 18.7 Å². The van der Waals surface area contributed by atoms with E-state index in [0.717, 1.165) is 41.5 Å². The Hall–Kier alpha value is -1.92. The summed E-state index contributed by atoms with van der Waals surface area (Å²) < 4.78 is 24.8. The van der Waals surface area contributed by atoms with E-state index in [1.54, 1.807) is 6.07 Å². The molecule has 6 heteroatoms. The second-order valence-corrected chi connectivity index (χ2v) is 6.95. The molecule has 2 aliphatic heterocycles. The van der Waals surface area contributed by atoms with Crippen LogP contribution in [0.5, 0.6) is 0 Å². The molecule has 1 N–H and O–H groups in total. The molecule has 1 atom stereocenters. The normalized spacial score (nSPS) is 22.0. The minimum atomic E-state index is -0.284. The Bertz CT molecular complexity index is 782. The van der Waals surface area contributed by atoms with Gasteiger partial charge in [0.1, 0.15) is 5.82 Å². The molecule has 4 rings (SSSR count). The number of aryl methyl sites for hydroxylation is 1. The number of piperidine rings is 1. The number of carbonyl (C=O) groups excluding carboxylic acids is 1. The number of H-pyrrole nitrogens is 1. The molecular formula is C19H23FN2O3. The van der Waals surface area contributed by atoms with Crippen LogP contribution in [0.1, 0.15) is 24.1 Å². The maximum atomic E-state index is 13.6. The van der Waals surface area contributed by atoms with Gasteiger partial charge >= 0.3 is 0 Å². The number of amides is 1. The quantitative estimate of drug-likeness (QED) is 0.930. The minimum absolute atomic E-state index is 0.0796. The average Bonchev–Trinajstić information content (AvgIpc) is 3.24. The molecule has 1 amide bonds. The lowest BCUT2D eigenvalue weighted by Crippen LogP contribution is -2.44. The first-order chi connectivity index (χ1) is 12.1. The van der Waals surface area contributed by atoms with E-state index < -0.39 is 0 Å². The first-order valence-corrected chi connectivity index (χ1v) is 8.89. The molecule has 2 aromatic rings. The van der Waals surface area contributed by atoms with Gasteiger partial charge in [-0.15, -0.1) is 0 Å². The van der Waals surface area contributed by atoms with E-state index in [1.807, 2.05) is 11.8 Å². The summed E-state index contributed by atoms with van der Waals surface area (Å²) in [6.07, 6.45) is 2.08. The SMILES string of the molecule is Cc1[nH]c2ccc(F)cc2c1CC(=O)N1CCCC(C2OCCO2)C1. The molecule has 5 nitrogen and oxygen atoms in total. The molecule has 2 saturated heterocycles. The van der Waals surface area contributed by atoms with Gasteiger partial charge < -0.3 is 19.4 Å². The second-order valence-electron chi connectivity index (χ2n) is 6.95. The van der Waals surface area contributed by atoms with Crippen molar-refractivity contribution < 1.29 is 18.7 Å². The van der Waals surface area contributed by atoms with Crippen molar-refractivity contribution in [2.75, 3.05) is 26.3 Å². The number of halogens is 1. The number of hydrogen-bond acceptors (Lipinski definition) is 3. The van der Waals surface area contributed by atoms with Crippen LogP contribution >= 0.6 is 0 Å². The zero-order valence-corrected chi connectivity index (χ0v) is 14.4. The number of nitrogens with zero attached hydrogens (tertiary/aromatic N) is 1. The molecule has 0 radical (unpaired) electrons. The molecule has 134 valence electrons. The van der Waals surface area contributed by atoms with E-state index in [0.29, 0.717) is 19.8 Å². The summed E-state index contributed by atoms with van der Waals surface area (Å²) >= 11 is 0. The zero-order valence-electron chi connectivity index (χ0n) is 14.4. The monoisotopic (exact) mass is 346 g/mol. The number of rotatable bonds is 3. The smallest absolute Gasteiger partial charge is 0.227 e. The molecule has 1 unspecified atom stereocenters. The minimum Gasteiger partial charge on any atom is -0.358 e. The summed E-state index contributed by atoms with van der Waals surface area (Å²) in [5, 5.41) is 0.793. The molecular weight excluding hydrogens is 323 g/mol. The molecule has 25 heavy (non-hydrogen) atoms. The Labute approximate surface area is 146 Å². The van der Waals surface area contributed by atoms with Crippen molar-refractivity contribution in [2.45, 2.75) is 32.5 Å². The maximum Gasteiger partial charge on any atom is 0.227 e. The number of aromatic nitrogens is 1. The number of fused-ring (bicyclic) bond motifs is 1. The summed E-state index contributed by atoms with van der Waals surface area (Å²) in [5.41, 5.74) is 2.67. The summed E-state index contributed by atoms with van der Waals surface area (Å²) in [7, 11) is 0. The molecule has 0 aliphatic carbocycles. The number of benzene rings is 1. The number of nitrogens with one attached hydrogen (secondary N) is 1. The van der Waals surface area contributed by atoms with Gasteiger partial charge in [0.25, 0.3) is 0 Å². The Kier molecular flexibility index (Phi) is 4.48. The van der Waals surface area contributed by atoms with Crippen LogP contribution in [0.2, 0.25) is 0 Å². The van der Waals surface area contributed by atoms with Gasteiger partial charge in [-0.25, -0.2) is 4.39 Å². The molecule has 2 fully saturated rings. The van der Waals surface area contributed by atoms with E-state index in [-0.39, 0.29) is 30.4 Å². The van der Waals surface area contributed by atoms with Crippen molar-refractivity contribution in [3.8, 4) is 0 Å². The Balaban J connectivity index is 1.50. The van der Waals surface area contributed by atoms with E-state index in [2.05, 4.69) is 4.98 Å². The number of hydrogen-bond donors (Lipinski definition) is 1. The van der Waals surface area contributed by atoms with Crippen molar-refractivity contribution >= 4 is 16.8 Å². The van der Waals surface area contributed by atoms with Crippen molar-refractivity contribution in [3.05, 3.63) is 35.3 Å². The first-order valence-electron chi connectivity index (χ1n) is 8.89. The molecule has 1 aromatic heterocycles. The number of likely N-dealkylation sites (tertiary alicyclic amines) is 1. The average molecular weight is 346 g/mol. The summed E-state index contributed by atoms with van der Waals surface area (Å²) in [5.74, 6) is 0.0337. The van der Waals surface area contributed by atoms with Crippen LogP contribution in [-0.2, 0) is 20.7 Å². The highest BCUT2D eigenvalue weighted by atomic mass is 19.1. The van der Waals surface area contributed by atoms with Crippen molar-refractivity contribution in [1.29, 1.82) is 0 Å². The third-order valence-corrected chi connectivity index (χ3v) is 5.25. The molecule has 1 aromatic carbocycles. The summed E-state index contributed by atoms with van der Waals surface area (Å²) in [6, 6.07) is 4.65. The van der Waals surface area contributed by atoms with Gasteiger partial charge in [0.05, 0.1) is 19.6 Å². The largest absolute Gasteiger partial charge is 0.358 e. The predicted molar refractivity (Wildman–Crippen MR) is 91.7 cm³/mol. The molecule has 3 heterocycles. The standard InChI is InChI=1S/C19H23FN2O3/c1-12-15(16-9-14(20)4-5-17(16)21-12)10-18(23)22-6-2-3-13(11-22)19-24-7-8-25-19/h4-5,9,13,19,21H,2-3,6-8,10-11H2,1H3. The molecule has 0 bridgehead atoms. The van der Waals surface area contributed by atoms with Gasteiger partial charge in [-0.2, -0.15) is 0 Å². The third-order valence-electron chi connectivity index (χ3n) is 5.25. The Morgan fingerprint density at radius 3 is 2.96 bits per heavy atom. The van der Waals surface area contributed by atoms with Crippen molar-refractivity contribution in [3.63, 3.8) is 0 Å². The highest BCUT2D eigenvalue weighted by Gasteiger charge is 2.33. The van der Waals surface area contributed by atoms with E-state index in [9.17, 15) is 9.18 Å². The summed E-state index contributed by atoms with van der Waals surface area (Å²) in [6.45, 7) is 4.63. The van der Waals surface area contributed by atoms with E-state index >= 15 is 0 Å². The highest BCUT2D eigenvalue weighted by Crippen LogP contribution is 2.27. The Morgan fingerprint density at radius 2 is 2.16 bits per heavy atom. The van der Waals surface area contributed by atoms with E-state index in [4.69, 9.17) is 9.47 Å². The third kappa shape index (κ3) is 3.28. The topological polar surface area (TPSA) is 54.6 Å². The molecule has 2 aliphatic rings. The zero-order chi connectivity index (χ0) is 17.4. The van der Waals surface area contributed by atoms with Gasteiger partial charge in [-0.1, -0.05) is 0 Å². The highest BCUT2D eigenvalue weighted by molar-refractivity contribution is 5.90. The fraction of sp³-hybridized carbons (Fsp3) is 0.526. The Morgan fingerprint density at radius 1 is 1.36 bits per heavy atom. The lowest BCUT2D eigenvalue weighted by Gasteiger charge is -2.34. The van der Waals surface area contributed by atoms with Crippen LogP contribution in [0.3, 0.4) is 0 Å².